The first-order valence-corrected chi connectivity index (χ1v) is 9.44. The van der Waals surface area contributed by atoms with Crippen molar-refractivity contribution < 1.29 is 0 Å². The second-order valence-corrected chi connectivity index (χ2v) is 8.35. The van der Waals surface area contributed by atoms with Crippen molar-refractivity contribution in [3.05, 3.63) is 0 Å². The normalized spacial score (nSPS) is 34.8. The van der Waals surface area contributed by atoms with Crippen LogP contribution in [0.3, 0.4) is 0 Å². The molecule has 0 aromatic rings. The average Bonchev–Trinajstić information content (AvgIpc) is 2.45. The molecule has 0 spiro atoms. The molecule has 0 aromatic heterocycles. The molecule has 3 unspecified atom stereocenters. The van der Waals surface area contributed by atoms with Crippen molar-refractivity contribution in [2.75, 3.05) is 0 Å². The maximum Gasteiger partial charge on any atom is 0.133 e. The van der Waals surface area contributed by atoms with Crippen LogP contribution < -0.4 is 0 Å². The first-order chi connectivity index (χ1) is 9.51. The summed E-state index contributed by atoms with van der Waals surface area (Å²) in [6, 6.07) is 0. The minimum absolute atomic E-state index is 0.650. The molecule has 3 atom stereocenters. The highest BCUT2D eigenvalue weighted by Crippen LogP contribution is 2.45. The summed E-state index contributed by atoms with van der Waals surface area (Å²) in [5.41, 5.74) is 0.650. The lowest BCUT2D eigenvalue weighted by atomic mass is 9.64. The van der Waals surface area contributed by atoms with Crippen LogP contribution in [-0.4, -0.2) is 5.25 Å². The first-order valence-electron chi connectivity index (χ1n) is 8.56. The monoisotopic (exact) mass is 295 g/mol. The number of hydrogen-bond acceptors (Lipinski definition) is 2. The molecule has 2 saturated carbocycles. The number of nitriles is 1. The molecule has 2 aliphatic rings. The zero-order valence-electron chi connectivity index (χ0n) is 14.0. The predicted octanol–water partition coefficient (Wildman–Crippen LogP) is 6.39. The van der Waals surface area contributed by atoms with E-state index in [1.807, 2.05) is 0 Å². The fraction of sp³-hybridized carbons (Fsp3) is 0.944. The van der Waals surface area contributed by atoms with Gasteiger partial charge in [0.1, 0.15) is 5.40 Å². The molecule has 2 aliphatic carbocycles. The Morgan fingerprint density at radius 1 is 1.10 bits per heavy atom. The van der Waals surface area contributed by atoms with Crippen molar-refractivity contribution in [1.29, 1.82) is 5.26 Å². The Hall–Kier alpha value is -0.160. The van der Waals surface area contributed by atoms with Crippen LogP contribution in [0.5, 0.6) is 0 Å². The van der Waals surface area contributed by atoms with E-state index in [0.29, 0.717) is 10.7 Å². The lowest BCUT2D eigenvalue weighted by Crippen LogP contribution is -2.31. The molecular weight excluding hydrogens is 262 g/mol. The van der Waals surface area contributed by atoms with Gasteiger partial charge in [0.15, 0.2) is 0 Å². The molecule has 2 rings (SSSR count). The van der Waals surface area contributed by atoms with Gasteiger partial charge in [-0.2, -0.15) is 5.26 Å². The van der Waals surface area contributed by atoms with Crippen LogP contribution in [0.1, 0.15) is 85.5 Å². The topological polar surface area (TPSA) is 23.8 Å². The van der Waals surface area contributed by atoms with Gasteiger partial charge in [0.25, 0.3) is 0 Å². The SMILES string of the molecule is CCC1(C)CC(C)CCC1C.N#CSC1CCCCC1. The molecule has 2 fully saturated rings. The molecule has 1 nitrogen and oxygen atoms in total. The fourth-order valence-corrected chi connectivity index (χ4v) is 4.45. The maximum atomic E-state index is 8.33. The maximum absolute atomic E-state index is 8.33. The van der Waals surface area contributed by atoms with E-state index in [4.69, 9.17) is 5.26 Å². The minimum Gasteiger partial charge on any atom is -0.185 e. The van der Waals surface area contributed by atoms with Crippen LogP contribution in [0.25, 0.3) is 0 Å². The molecule has 116 valence electrons. The van der Waals surface area contributed by atoms with Crippen LogP contribution >= 0.6 is 11.8 Å². The van der Waals surface area contributed by atoms with Crippen LogP contribution in [0, 0.1) is 27.9 Å². The summed E-state index contributed by atoms with van der Waals surface area (Å²) >= 11 is 1.46. The summed E-state index contributed by atoms with van der Waals surface area (Å²) in [5, 5.41) is 11.1. The van der Waals surface area contributed by atoms with Crippen molar-refractivity contribution in [3.8, 4) is 5.40 Å². The van der Waals surface area contributed by atoms with Crippen LogP contribution in [-0.2, 0) is 0 Å². The molecule has 0 bridgehead atoms. The van der Waals surface area contributed by atoms with Crippen LogP contribution in [0.15, 0.2) is 0 Å². The third kappa shape index (κ3) is 5.68. The van der Waals surface area contributed by atoms with E-state index in [-0.39, 0.29) is 0 Å². The predicted molar refractivity (Wildman–Crippen MR) is 90.7 cm³/mol. The van der Waals surface area contributed by atoms with E-state index in [0.717, 1.165) is 11.8 Å². The van der Waals surface area contributed by atoms with Gasteiger partial charge in [0.2, 0.25) is 0 Å². The van der Waals surface area contributed by atoms with Gasteiger partial charge in [-0.05, 0) is 54.7 Å². The highest BCUT2D eigenvalue weighted by molar-refractivity contribution is 8.04. The van der Waals surface area contributed by atoms with Crippen LogP contribution in [0.4, 0.5) is 0 Å². The molecule has 0 aromatic carbocycles. The van der Waals surface area contributed by atoms with Gasteiger partial charge in [-0.25, -0.2) is 0 Å². The number of hydrogen-bond donors (Lipinski definition) is 0. The van der Waals surface area contributed by atoms with E-state index in [1.165, 1.54) is 69.5 Å². The molecule has 0 aliphatic heterocycles. The third-order valence-electron chi connectivity index (χ3n) is 5.68. The molecule has 20 heavy (non-hydrogen) atoms. The van der Waals surface area contributed by atoms with Gasteiger partial charge in [-0.3, -0.25) is 0 Å². The van der Waals surface area contributed by atoms with Crippen molar-refractivity contribution in [2.45, 2.75) is 90.7 Å². The van der Waals surface area contributed by atoms with E-state index < -0.39 is 0 Å². The quantitative estimate of drug-likeness (QED) is 0.551. The Balaban J connectivity index is 0.000000204. The highest BCUT2D eigenvalue weighted by atomic mass is 32.2. The summed E-state index contributed by atoms with van der Waals surface area (Å²) in [4.78, 5) is 0. The molecule has 2 heteroatoms. The van der Waals surface area contributed by atoms with Crippen molar-refractivity contribution >= 4 is 11.8 Å². The van der Waals surface area contributed by atoms with Gasteiger partial charge in [-0.15, -0.1) is 0 Å². The number of rotatable bonds is 2. The van der Waals surface area contributed by atoms with Crippen molar-refractivity contribution in [1.82, 2.24) is 0 Å². The van der Waals surface area contributed by atoms with Gasteiger partial charge < -0.3 is 0 Å². The molecule has 0 radical (unpaired) electrons. The van der Waals surface area contributed by atoms with E-state index in [1.54, 1.807) is 0 Å². The van der Waals surface area contributed by atoms with Gasteiger partial charge in [0, 0.05) is 5.25 Å². The van der Waals surface area contributed by atoms with E-state index in [9.17, 15) is 0 Å². The van der Waals surface area contributed by atoms with Crippen molar-refractivity contribution in [2.24, 2.45) is 17.3 Å². The summed E-state index contributed by atoms with van der Waals surface area (Å²) in [6.07, 6.45) is 12.3. The lowest BCUT2D eigenvalue weighted by molar-refractivity contribution is 0.0901. The Kier molecular flexibility index (Phi) is 8.03. The molecule has 0 saturated heterocycles. The average molecular weight is 296 g/mol. The Morgan fingerprint density at radius 2 is 1.75 bits per heavy atom. The first kappa shape index (κ1) is 17.9. The fourth-order valence-electron chi connectivity index (χ4n) is 3.73. The zero-order valence-corrected chi connectivity index (χ0v) is 14.8. The smallest absolute Gasteiger partial charge is 0.133 e. The van der Waals surface area contributed by atoms with Crippen molar-refractivity contribution in [3.63, 3.8) is 0 Å². The van der Waals surface area contributed by atoms with Gasteiger partial charge >= 0.3 is 0 Å². The van der Waals surface area contributed by atoms with E-state index >= 15 is 0 Å². The van der Waals surface area contributed by atoms with Gasteiger partial charge in [0.05, 0.1) is 0 Å². The second-order valence-electron chi connectivity index (χ2n) is 7.26. The van der Waals surface area contributed by atoms with Crippen LogP contribution in [0.2, 0.25) is 0 Å². The summed E-state index contributed by atoms with van der Waals surface area (Å²) in [6.45, 7) is 9.64. The second kappa shape index (κ2) is 8.98. The standard InChI is InChI=1S/C11H22.C7H11NS/c1-5-11(4)8-9(2)6-7-10(11)3;8-6-9-7-4-2-1-3-5-7/h9-10H,5-8H2,1-4H3;7H,1-5H2. The highest BCUT2D eigenvalue weighted by Gasteiger charge is 2.34. The minimum atomic E-state index is 0.650. The lowest BCUT2D eigenvalue weighted by Gasteiger charge is -2.42. The Labute approximate surface area is 130 Å². The summed E-state index contributed by atoms with van der Waals surface area (Å²) < 4.78 is 0. The number of thiocyanates is 1. The Morgan fingerprint density at radius 3 is 2.25 bits per heavy atom. The van der Waals surface area contributed by atoms with E-state index in [2.05, 4.69) is 33.1 Å². The Bertz CT molecular complexity index is 303. The summed E-state index contributed by atoms with van der Waals surface area (Å²) in [5.74, 6) is 1.92. The molecule has 0 heterocycles. The molecule has 0 N–H and O–H groups in total. The van der Waals surface area contributed by atoms with Gasteiger partial charge in [-0.1, -0.05) is 59.8 Å². The molecular formula is C18H33NS. The zero-order chi connectivity index (χ0) is 15.0. The summed E-state index contributed by atoms with van der Waals surface area (Å²) in [7, 11) is 0. The number of nitrogens with zero attached hydrogens (tertiary/aromatic N) is 1. The number of thioether (sulfide) groups is 1. The largest absolute Gasteiger partial charge is 0.185 e. The third-order valence-corrected chi connectivity index (χ3v) is 6.59. The molecule has 0 amide bonds.